The van der Waals surface area contributed by atoms with Crippen LogP contribution >= 0.6 is 0 Å². The highest BCUT2D eigenvalue weighted by atomic mass is 16.5. The zero-order valence-corrected chi connectivity index (χ0v) is 17.2. The third kappa shape index (κ3) is 5.08. The van der Waals surface area contributed by atoms with Crippen LogP contribution in [0.2, 0.25) is 0 Å². The fraction of sp³-hybridized carbons (Fsp3) is 0.667. The molecule has 2 aliphatic rings. The topological polar surface area (TPSA) is 111 Å². The van der Waals surface area contributed by atoms with Crippen molar-refractivity contribution >= 4 is 17.2 Å². The first kappa shape index (κ1) is 20.7. The van der Waals surface area contributed by atoms with E-state index in [9.17, 15) is 0 Å². The average Bonchev–Trinajstić information content (AvgIpc) is 2.74. The summed E-state index contributed by atoms with van der Waals surface area (Å²) in [4.78, 5) is 13.8. The molecule has 0 amide bonds. The maximum Gasteiger partial charge on any atom is 0.223 e. The molecule has 154 valence electrons. The number of aromatic nitrogens is 2. The van der Waals surface area contributed by atoms with Crippen LogP contribution in [0.5, 0.6) is 0 Å². The van der Waals surface area contributed by atoms with E-state index in [1.807, 2.05) is 13.1 Å². The number of nitrogens with one attached hydrogen (secondary N) is 1. The largest absolute Gasteiger partial charge is 0.401 e. The minimum atomic E-state index is 0.304. The van der Waals surface area contributed by atoms with E-state index in [0.29, 0.717) is 23.9 Å². The van der Waals surface area contributed by atoms with Crippen LogP contribution in [-0.2, 0) is 4.74 Å². The van der Waals surface area contributed by atoms with Gasteiger partial charge < -0.3 is 21.5 Å². The third-order valence-corrected chi connectivity index (χ3v) is 5.86. The first-order chi connectivity index (χ1) is 13.6. The van der Waals surface area contributed by atoms with Gasteiger partial charge in [-0.05, 0) is 51.0 Å². The van der Waals surface area contributed by atoms with Crippen LogP contribution in [0.1, 0.15) is 57.6 Å². The van der Waals surface area contributed by atoms with Crippen molar-refractivity contribution in [3.8, 4) is 0 Å². The summed E-state index contributed by atoms with van der Waals surface area (Å²) in [6.45, 7) is 3.61. The molecule has 2 heterocycles. The Balaban J connectivity index is 1.87. The van der Waals surface area contributed by atoms with Crippen molar-refractivity contribution in [1.29, 1.82) is 0 Å². The molecule has 0 unspecified atom stereocenters. The number of rotatable bonds is 6. The van der Waals surface area contributed by atoms with Crippen LogP contribution in [0.15, 0.2) is 23.0 Å². The fourth-order valence-corrected chi connectivity index (χ4v) is 4.14. The molecule has 28 heavy (non-hydrogen) atoms. The van der Waals surface area contributed by atoms with Crippen LogP contribution in [0, 0.1) is 5.92 Å². The predicted octanol–water partition coefficient (Wildman–Crippen LogP) is 2.74. The summed E-state index contributed by atoms with van der Waals surface area (Å²) in [7, 11) is 1.82. The second-order valence-corrected chi connectivity index (χ2v) is 7.76. The molecular formula is C21H34N6O. The molecular weight excluding hydrogens is 352 g/mol. The van der Waals surface area contributed by atoms with Gasteiger partial charge in [-0.2, -0.15) is 0 Å². The molecule has 1 saturated carbocycles. The summed E-state index contributed by atoms with van der Waals surface area (Å²) in [5.41, 5.74) is 16.4. The van der Waals surface area contributed by atoms with Gasteiger partial charge >= 0.3 is 0 Å². The van der Waals surface area contributed by atoms with Gasteiger partial charge in [0, 0.05) is 61.4 Å². The van der Waals surface area contributed by atoms with Crippen LogP contribution in [-0.4, -0.2) is 48.0 Å². The SMILES string of the molecule is CCC(=NC)C(=C(N)C1CCOCC1)c1ccnc(NC2CCC(N)CC2)n1. The quantitative estimate of drug-likeness (QED) is 0.648. The molecule has 1 aliphatic heterocycles. The molecule has 1 aliphatic carbocycles. The first-order valence-corrected chi connectivity index (χ1v) is 10.5. The maximum atomic E-state index is 6.67. The van der Waals surface area contributed by atoms with Crippen molar-refractivity contribution < 1.29 is 4.74 Å². The third-order valence-electron chi connectivity index (χ3n) is 5.86. The van der Waals surface area contributed by atoms with E-state index in [1.54, 1.807) is 6.20 Å². The van der Waals surface area contributed by atoms with E-state index < -0.39 is 0 Å². The molecule has 0 bridgehead atoms. The lowest BCUT2D eigenvalue weighted by molar-refractivity contribution is 0.0756. The second-order valence-electron chi connectivity index (χ2n) is 7.76. The van der Waals surface area contributed by atoms with E-state index in [1.165, 1.54) is 0 Å². The van der Waals surface area contributed by atoms with E-state index in [0.717, 1.165) is 80.8 Å². The summed E-state index contributed by atoms with van der Waals surface area (Å²) in [6, 6.07) is 2.64. The first-order valence-electron chi connectivity index (χ1n) is 10.5. The Morgan fingerprint density at radius 3 is 2.57 bits per heavy atom. The summed E-state index contributed by atoms with van der Waals surface area (Å²) in [5, 5.41) is 3.49. The van der Waals surface area contributed by atoms with Gasteiger partial charge in [-0.1, -0.05) is 6.92 Å². The Hall–Kier alpha value is -1.99. The average molecular weight is 387 g/mol. The number of aliphatic imine (C=N–C) groups is 1. The van der Waals surface area contributed by atoms with Gasteiger partial charge in [-0.3, -0.25) is 4.99 Å². The van der Waals surface area contributed by atoms with Crippen LogP contribution in [0.4, 0.5) is 5.95 Å². The van der Waals surface area contributed by atoms with E-state index in [4.69, 9.17) is 21.2 Å². The molecule has 7 heteroatoms. The normalized spacial score (nSPS) is 25.3. The zero-order valence-electron chi connectivity index (χ0n) is 17.2. The monoisotopic (exact) mass is 386 g/mol. The van der Waals surface area contributed by atoms with Crippen molar-refractivity contribution in [2.75, 3.05) is 25.6 Å². The lowest BCUT2D eigenvalue weighted by Gasteiger charge is -2.27. The Morgan fingerprint density at radius 1 is 1.21 bits per heavy atom. The van der Waals surface area contributed by atoms with Gasteiger partial charge in [-0.25, -0.2) is 9.97 Å². The van der Waals surface area contributed by atoms with Crippen LogP contribution < -0.4 is 16.8 Å². The van der Waals surface area contributed by atoms with Gasteiger partial charge in [0.15, 0.2) is 0 Å². The summed E-state index contributed by atoms with van der Waals surface area (Å²) < 4.78 is 5.51. The number of hydrogen-bond donors (Lipinski definition) is 3. The number of hydrogen-bond acceptors (Lipinski definition) is 7. The summed E-state index contributed by atoms with van der Waals surface area (Å²) in [5.74, 6) is 0.958. The number of nitrogens with two attached hydrogens (primary N) is 2. The Kier molecular flexibility index (Phi) is 7.39. The molecule has 2 fully saturated rings. The maximum absolute atomic E-state index is 6.67. The number of anilines is 1. The molecule has 5 N–H and O–H groups in total. The molecule has 0 spiro atoms. The Labute approximate surface area is 168 Å². The zero-order chi connectivity index (χ0) is 19.9. The molecule has 1 saturated heterocycles. The van der Waals surface area contributed by atoms with Crippen molar-refractivity contribution in [3.63, 3.8) is 0 Å². The van der Waals surface area contributed by atoms with Crippen molar-refractivity contribution in [2.45, 2.75) is 64.0 Å². The molecule has 0 aromatic carbocycles. The molecule has 1 aromatic heterocycles. The smallest absolute Gasteiger partial charge is 0.223 e. The molecule has 0 atom stereocenters. The highest BCUT2D eigenvalue weighted by molar-refractivity contribution is 6.24. The lowest BCUT2D eigenvalue weighted by atomic mass is 9.90. The highest BCUT2D eigenvalue weighted by Crippen LogP contribution is 2.29. The van der Waals surface area contributed by atoms with E-state index >= 15 is 0 Å². The second kappa shape index (κ2) is 9.98. The predicted molar refractivity (Wildman–Crippen MR) is 114 cm³/mol. The van der Waals surface area contributed by atoms with Crippen molar-refractivity contribution in [1.82, 2.24) is 9.97 Å². The van der Waals surface area contributed by atoms with Gasteiger partial charge in [0.2, 0.25) is 5.95 Å². The molecule has 1 aromatic rings. The minimum Gasteiger partial charge on any atom is -0.401 e. The van der Waals surface area contributed by atoms with E-state index in [-0.39, 0.29) is 0 Å². The van der Waals surface area contributed by atoms with Gasteiger partial charge in [0.1, 0.15) is 0 Å². The lowest BCUT2D eigenvalue weighted by Crippen LogP contribution is -2.33. The number of ether oxygens (including phenoxy) is 1. The summed E-state index contributed by atoms with van der Waals surface area (Å²) >= 11 is 0. The number of allylic oxidation sites excluding steroid dienone is 2. The van der Waals surface area contributed by atoms with Crippen molar-refractivity contribution in [3.05, 3.63) is 23.7 Å². The van der Waals surface area contributed by atoms with Crippen LogP contribution in [0.25, 0.3) is 5.57 Å². The van der Waals surface area contributed by atoms with Crippen LogP contribution in [0.3, 0.4) is 0 Å². The Morgan fingerprint density at radius 2 is 1.93 bits per heavy atom. The molecule has 7 nitrogen and oxygen atoms in total. The summed E-state index contributed by atoms with van der Waals surface area (Å²) in [6.07, 6.45) is 8.69. The van der Waals surface area contributed by atoms with E-state index in [2.05, 4.69) is 22.2 Å². The van der Waals surface area contributed by atoms with Crippen molar-refractivity contribution in [2.24, 2.45) is 22.4 Å². The fourth-order valence-electron chi connectivity index (χ4n) is 4.14. The Bertz CT molecular complexity index is 703. The minimum absolute atomic E-state index is 0.304. The van der Waals surface area contributed by atoms with Gasteiger partial charge in [-0.15, -0.1) is 0 Å². The number of nitrogens with zero attached hydrogens (tertiary/aromatic N) is 3. The van der Waals surface area contributed by atoms with Gasteiger partial charge in [0.25, 0.3) is 0 Å². The van der Waals surface area contributed by atoms with Gasteiger partial charge in [0.05, 0.1) is 5.69 Å². The molecule has 0 radical (unpaired) electrons. The molecule has 3 rings (SSSR count). The standard InChI is InChI=1S/C21H34N6O/c1-3-17(24-2)19(20(23)14-9-12-28-13-10-14)18-8-11-25-21(27-18)26-16-6-4-15(22)5-7-16/h8,11,14-16H,3-7,9-10,12-13,22-23H2,1-2H3,(H,25,26,27). The highest BCUT2D eigenvalue weighted by Gasteiger charge is 2.24.